The average Bonchev–Trinajstić information content (AvgIpc) is 2.75. The molecule has 6 heteroatoms. The van der Waals surface area contributed by atoms with E-state index in [1.807, 2.05) is 0 Å². The first-order valence-electron chi connectivity index (χ1n) is 4.71. The quantitative estimate of drug-likeness (QED) is 0.681. The van der Waals surface area contributed by atoms with Gasteiger partial charge in [0, 0.05) is 11.8 Å². The maximum atomic E-state index is 11.4. The van der Waals surface area contributed by atoms with Gasteiger partial charge in [0.05, 0.1) is 6.61 Å². The number of nitrogens with one attached hydrogen (secondary N) is 1. The zero-order valence-corrected chi connectivity index (χ0v) is 8.38. The van der Waals surface area contributed by atoms with Crippen LogP contribution in [0.4, 0.5) is 5.69 Å². The monoisotopic (exact) mass is 221 g/mol. The normalized spacial score (nSPS) is 12.6. The van der Waals surface area contributed by atoms with Crippen LogP contribution in [-0.2, 0) is 4.79 Å². The second-order valence-corrected chi connectivity index (χ2v) is 3.31. The zero-order chi connectivity index (χ0) is 11.5. The molecule has 1 aromatic heterocycles. The van der Waals surface area contributed by atoms with Gasteiger partial charge in [-0.2, -0.15) is 0 Å². The van der Waals surface area contributed by atoms with Crippen LogP contribution in [0.3, 0.4) is 0 Å². The van der Waals surface area contributed by atoms with Gasteiger partial charge in [-0.15, -0.1) is 0 Å². The van der Waals surface area contributed by atoms with Gasteiger partial charge in [0.1, 0.15) is 11.6 Å². The summed E-state index contributed by atoms with van der Waals surface area (Å²) >= 11 is 0. The Balaban J connectivity index is 2.17. The average molecular weight is 221 g/mol. The van der Waals surface area contributed by atoms with Crippen molar-refractivity contribution in [3.63, 3.8) is 0 Å². The molecule has 0 fully saturated rings. The molecule has 0 spiro atoms. The van der Waals surface area contributed by atoms with Crippen molar-refractivity contribution in [2.75, 3.05) is 11.9 Å². The molecule has 0 bridgehead atoms. The highest BCUT2D eigenvalue weighted by atomic mass is 16.3. The van der Waals surface area contributed by atoms with Crippen LogP contribution in [0.25, 0.3) is 11.1 Å². The maximum Gasteiger partial charge on any atom is 0.243 e. The molecule has 2 rings (SSSR count). The minimum absolute atomic E-state index is 0.392. The number of aliphatic hydroxyl groups is 1. The van der Waals surface area contributed by atoms with Crippen LogP contribution in [-0.4, -0.2) is 28.6 Å². The van der Waals surface area contributed by atoms with E-state index in [4.69, 9.17) is 15.3 Å². The Labute approximate surface area is 91.1 Å². The number of oxazole rings is 1. The third kappa shape index (κ3) is 2.02. The van der Waals surface area contributed by atoms with E-state index in [9.17, 15) is 4.79 Å². The number of nitrogens with two attached hydrogens (primary N) is 1. The Morgan fingerprint density at radius 1 is 1.62 bits per heavy atom. The molecule has 16 heavy (non-hydrogen) atoms. The van der Waals surface area contributed by atoms with Gasteiger partial charge < -0.3 is 20.6 Å². The number of carbonyl (C=O) groups excluding carboxylic acids is 1. The number of hydrogen-bond donors (Lipinski definition) is 3. The van der Waals surface area contributed by atoms with Gasteiger partial charge in [-0.25, -0.2) is 4.98 Å². The summed E-state index contributed by atoms with van der Waals surface area (Å²) in [5.74, 6) is -0.443. The third-order valence-corrected chi connectivity index (χ3v) is 2.13. The lowest BCUT2D eigenvalue weighted by Gasteiger charge is -2.08. The highest BCUT2D eigenvalue weighted by Crippen LogP contribution is 2.17. The topological polar surface area (TPSA) is 101 Å². The van der Waals surface area contributed by atoms with Gasteiger partial charge in [0.2, 0.25) is 5.91 Å². The van der Waals surface area contributed by atoms with Crippen molar-refractivity contribution < 1.29 is 14.3 Å². The number of anilines is 1. The van der Waals surface area contributed by atoms with E-state index in [0.29, 0.717) is 16.8 Å². The minimum Gasteiger partial charge on any atom is -0.443 e. The zero-order valence-electron chi connectivity index (χ0n) is 8.38. The molecule has 1 atom stereocenters. The van der Waals surface area contributed by atoms with Crippen LogP contribution in [0.2, 0.25) is 0 Å². The smallest absolute Gasteiger partial charge is 0.243 e. The number of aromatic nitrogens is 1. The minimum atomic E-state index is -0.926. The lowest BCUT2D eigenvalue weighted by molar-refractivity contribution is -0.118. The number of carbonyl (C=O) groups is 1. The molecule has 0 saturated carbocycles. The second-order valence-electron chi connectivity index (χ2n) is 3.31. The predicted molar refractivity (Wildman–Crippen MR) is 57.7 cm³/mol. The Bertz CT molecular complexity index is 509. The van der Waals surface area contributed by atoms with Crippen molar-refractivity contribution in [2.45, 2.75) is 6.04 Å². The third-order valence-electron chi connectivity index (χ3n) is 2.13. The van der Waals surface area contributed by atoms with Gasteiger partial charge in [0.15, 0.2) is 12.0 Å². The van der Waals surface area contributed by atoms with Crippen molar-refractivity contribution in [2.24, 2.45) is 5.73 Å². The molecule has 1 amide bonds. The number of fused-ring (bicyclic) bond motifs is 1. The fourth-order valence-electron chi connectivity index (χ4n) is 1.25. The van der Waals surface area contributed by atoms with Crippen LogP contribution < -0.4 is 11.1 Å². The Kier molecular flexibility index (Phi) is 2.84. The van der Waals surface area contributed by atoms with Gasteiger partial charge in [-0.1, -0.05) is 0 Å². The molecule has 1 aromatic carbocycles. The lowest BCUT2D eigenvalue weighted by atomic mass is 10.2. The van der Waals surface area contributed by atoms with Crippen molar-refractivity contribution >= 4 is 22.7 Å². The van der Waals surface area contributed by atoms with E-state index in [0.717, 1.165) is 0 Å². The maximum absolute atomic E-state index is 11.4. The number of rotatable bonds is 3. The summed E-state index contributed by atoms with van der Waals surface area (Å²) in [6.45, 7) is -0.392. The number of amides is 1. The first kappa shape index (κ1) is 10.6. The predicted octanol–water partition coefficient (Wildman–Crippen LogP) is 0.0859. The highest BCUT2D eigenvalue weighted by molar-refractivity contribution is 5.96. The number of aliphatic hydroxyl groups excluding tert-OH is 1. The fourth-order valence-corrected chi connectivity index (χ4v) is 1.25. The second kappa shape index (κ2) is 4.30. The van der Waals surface area contributed by atoms with Gasteiger partial charge in [-0.3, -0.25) is 4.79 Å². The summed E-state index contributed by atoms with van der Waals surface area (Å²) in [4.78, 5) is 15.3. The molecule has 0 aliphatic rings. The Morgan fingerprint density at radius 3 is 3.19 bits per heavy atom. The first-order valence-corrected chi connectivity index (χ1v) is 4.71. The molecule has 0 aliphatic carbocycles. The number of hydrogen-bond acceptors (Lipinski definition) is 5. The molecule has 2 aromatic rings. The molecular formula is C10H11N3O3. The summed E-state index contributed by atoms with van der Waals surface area (Å²) < 4.78 is 5.08. The standard InChI is InChI=1S/C10H11N3O3/c11-7(4-14)10(15)13-6-1-2-8-9(3-6)16-5-12-8/h1-3,5,7,14H,4,11H2,(H,13,15). The van der Waals surface area contributed by atoms with Crippen LogP contribution in [0.15, 0.2) is 29.0 Å². The molecule has 6 nitrogen and oxygen atoms in total. The Hall–Kier alpha value is -1.92. The highest BCUT2D eigenvalue weighted by Gasteiger charge is 2.12. The van der Waals surface area contributed by atoms with Gasteiger partial charge >= 0.3 is 0 Å². The summed E-state index contributed by atoms with van der Waals surface area (Å²) in [6, 6.07) is 4.13. The van der Waals surface area contributed by atoms with E-state index < -0.39 is 18.6 Å². The molecule has 0 saturated heterocycles. The summed E-state index contributed by atoms with van der Waals surface area (Å²) in [5.41, 5.74) is 7.20. The molecular weight excluding hydrogens is 210 g/mol. The van der Waals surface area contributed by atoms with Crippen molar-refractivity contribution in [3.8, 4) is 0 Å². The van der Waals surface area contributed by atoms with Crippen LogP contribution in [0.1, 0.15) is 0 Å². The lowest BCUT2D eigenvalue weighted by Crippen LogP contribution is -2.38. The summed E-state index contributed by atoms with van der Waals surface area (Å²) in [5, 5.41) is 11.3. The summed E-state index contributed by atoms with van der Waals surface area (Å²) in [7, 11) is 0. The number of nitrogens with zero attached hydrogens (tertiary/aromatic N) is 1. The van der Waals surface area contributed by atoms with E-state index in [2.05, 4.69) is 10.3 Å². The van der Waals surface area contributed by atoms with E-state index in [-0.39, 0.29) is 0 Å². The van der Waals surface area contributed by atoms with Crippen LogP contribution in [0.5, 0.6) is 0 Å². The van der Waals surface area contributed by atoms with Gasteiger partial charge in [-0.05, 0) is 12.1 Å². The van der Waals surface area contributed by atoms with Crippen molar-refractivity contribution in [1.29, 1.82) is 0 Å². The van der Waals surface area contributed by atoms with Gasteiger partial charge in [0.25, 0.3) is 0 Å². The van der Waals surface area contributed by atoms with E-state index in [1.165, 1.54) is 6.39 Å². The molecule has 1 unspecified atom stereocenters. The molecule has 84 valence electrons. The SMILES string of the molecule is NC(CO)C(=O)Nc1ccc2ncoc2c1. The fraction of sp³-hybridized carbons (Fsp3) is 0.200. The van der Waals surface area contributed by atoms with E-state index >= 15 is 0 Å². The van der Waals surface area contributed by atoms with Crippen molar-refractivity contribution in [1.82, 2.24) is 4.98 Å². The molecule has 0 radical (unpaired) electrons. The number of benzene rings is 1. The Morgan fingerprint density at radius 2 is 2.44 bits per heavy atom. The van der Waals surface area contributed by atoms with Crippen LogP contribution in [0, 0.1) is 0 Å². The van der Waals surface area contributed by atoms with Crippen molar-refractivity contribution in [3.05, 3.63) is 24.6 Å². The molecule has 1 heterocycles. The first-order chi connectivity index (χ1) is 7.70. The summed E-state index contributed by atoms with van der Waals surface area (Å²) in [6.07, 6.45) is 1.33. The largest absolute Gasteiger partial charge is 0.443 e. The molecule has 4 N–H and O–H groups in total. The van der Waals surface area contributed by atoms with Crippen LogP contribution >= 0.6 is 0 Å². The molecule has 0 aliphatic heterocycles. The van der Waals surface area contributed by atoms with E-state index in [1.54, 1.807) is 18.2 Å².